The summed E-state index contributed by atoms with van der Waals surface area (Å²) in [4.78, 5) is 2.64. The molecule has 0 aromatic heterocycles. The van der Waals surface area contributed by atoms with Gasteiger partial charge in [0, 0.05) is 38.4 Å². The number of benzene rings is 1. The van der Waals surface area contributed by atoms with Crippen molar-refractivity contribution in [1.29, 1.82) is 0 Å². The van der Waals surface area contributed by atoms with Crippen LogP contribution in [0.25, 0.3) is 0 Å². The Bertz CT molecular complexity index is 532. The van der Waals surface area contributed by atoms with Crippen molar-refractivity contribution in [2.75, 3.05) is 38.5 Å². The molecule has 0 radical (unpaired) electrons. The van der Waals surface area contributed by atoms with Gasteiger partial charge in [0.05, 0.1) is 4.90 Å². The topological polar surface area (TPSA) is 66.6 Å². The molecule has 1 aromatic carbocycles. The summed E-state index contributed by atoms with van der Waals surface area (Å²) in [7, 11) is -3.38. The molecule has 1 heterocycles. The number of nitrogens with zero attached hydrogens (tertiary/aromatic N) is 2. The molecule has 1 aliphatic rings. The van der Waals surface area contributed by atoms with Crippen molar-refractivity contribution in [1.82, 2.24) is 9.21 Å². The van der Waals surface area contributed by atoms with E-state index < -0.39 is 10.0 Å². The quantitative estimate of drug-likeness (QED) is 0.849. The zero-order valence-electron chi connectivity index (χ0n) is 12.1. The average molecular weight is 297 g/mol. The van der Waals surface area contributed by atoms with Gasteiger partial charge in [0.2, 0.25) is 10.0 Å². The maximum Gasteiger partial charge on any atom is 0.243 e. The lowest BCUT2D eigenvalue weighted by atomic mass is 10.2. The molecule has 112 valence electrons. The maximum absolute atomic E-state index is 12.5. The first-order chi connectivity index (χ1) is 9.39. The van der Waals surface area contributed by atoms with Crippen molar-refractivity contribution in [2.45, 2.75) is 18.7 Å². The minimum absolute atomic E-state index is 0.323. The van der Waals surface area contributed by atoms with E-state index in [-0.39, 0.29) is 0 Å². The lowest BCUT2D eigenvalue weighted by Crippen LogP contribution is -2.49. The smallest absolute Gasteiger partial charge is 0.243 e. The van der Waals surface area contributed by atoms with Crippen molar-refractivity contribution >= 4 is 15.7 Å². The number of hydrogen-bond donors (Lipinski definition) is 1. The van der Waals surface area contributed by atoms with Gasteiger partial charge < -0.3 is 10.6 Å². The van der Waals surface area contributed by atoms with E-state index in [1.807, 2.05) is 0 Å². The summed E-state index contributed by atoms with van der Waals surface area (Å²) in [6.07, 6.45) is 0. The Morgan fingerprint density at radius 1 is 1.10 bits per heavy atom. The van der Waals surface area contributed by atoms with Gasteiger partial charge in [-0.1, -0.05) is 13.8 Å². The Morgan fingerprint density at radius 3 is 2.15 bits per heavy atom. The number of nitrogen functional groups attached to an aromatic ring is 1. The fourth-order valence-corrected chi connectivity index (χ4v) is 3.88. The summed E-state index contributed by atoms with van der Waals surface area (Å²) in [5, 5.41) is 0. The monoisotopic (exact) mass is 297 g/mol. The van der Waals surface area contributed by atoms with E-state index in [1.165, 1.54) is 0 Å². The molecule has 0 atom stereocenters. The van der Waals surface area contributed by atoms with Gasteiger partial charge in [0.1, 0.15) is 0 Å². The van der Waals surface area contributed by atoms with Crippen LogP contribution < -0.4 is 5.73 Å². The molecule has 1 fully saturated rings. The standard InChI is InChI=1S/C14H23N3O2S/c1-12(2)11-16-7-9-17(10-8-16)20(18,19)14-5-3-13(15)4-6-14/h3-6,12H,7-11,15H2,1-2H3. The lowest BCUT2D eigenvalue weighted by Gasteiger charge is -2.34. The number of hydrogen-bond acceptors (Lipinski definition) is 4. The summed E-state index contributed by atoms with van der Waals surface area (Å²) in [6.45, 7) is 8.09. The number of nitrogens with two attached hydrogens (primary N) is 1. The molecule has 0 amide bonds. The largest absolute Gasteiger partial charge is 0.399 e. The van der Waals surface area contributed by atoms with E-state index in [2.05, 4.69) is 18.7 Å². The van der Waals surface area contributed by atoms with Crippen LogP contribution in [-0.4, -0.2) is 50.3 Å². The van der Waals surface area contributed by atoms with E-state index in [9.17, 15) is 8.42 Å². The molecule has 6 heteroatoms. The van der Waals surface area contributed by atoms with Gasteiger partial charge in [0.25, 0.3) is 0 Å². The van der Waals surface area contributed by atoms with Gasteiger partial charge in [-0.05, 0) is 30.2 Å². The van der Waals surface area contributed by atoms with E-state index >= 15 is 0 Å². The highest BCUT2D eigenvalue weighted by molar-refractivity contribution is 7.89. The average Bonchev–Trinajstić information content (AvgIpc) is 2.39. The summed E-state index contributed by atoms with van der Waals surface area (Å²) in [5.74, 6) is 0.607. The Hall–Kier alpha value is -1.11. The number of rotatable bonds is 4. The van der Waals surface area contributed by atoms with Gasteiger partial charge in [-0.25, -0.2) is 8.42 Å². The molecule has 2 N–H and O–H groups in total. The van der Waals surface area contributed by atoms with E-state index in [1.54, 1.807) is 28.6 Å². The second-order valence-electron chi connectivity index (χ2n) is 5.67. The van der Waals surface area contributed by atoms with Crippen LogP contribution in [0.4, 0.5) is 5.69 Å². The summed E-state index contributed by atoms with van der Waals surface area (Å²) in [5.41, 5.74) is 6.17. The SMILES string of the molecule is CC(C)CN1CCN(S(=O)(=O)c2ccc(N)cc2)CC1. The molecule has 2 rings (SSSR count). The molecular formula is C14H23N3O2S. The van der Waals surface area contributed by atoms with Crippen LogP contribution in [0.15, 0.2) is 29.2 Å². The Balaban J connectivity index is 2.04. The lowest BCUT2D eigenvalue weighted by molar-refractivity contribution is 0.172. The summed E-state index contributed by atoms with van der Waals surface area (Å²) < 4.78 is 26.6. The molecular weight excluding hydrogens is 274 g/mol. The fourth-order valence-electron chi connectivity index (χ4n) is 2.46. The van der Waals surface area contributed by atoms with Crippen LogP contribution in [0.1, 0.15) is 13.8 Å². The van der Waals surface area contributed by atoms with Crippen molar-refractivity contribution < 1.29 is 8.42 Å². The second kappa shape index (κ2) is 6.11. The zero-order valence-corrected chi connectivity index (χ0v) is 12.9. The predicted octanol–water partition coefficient (Wildman–Crippen LogP) is 1.23. The number of sulfonamides is 1. The molecule has 1 saturated heterocycles. The Kier molecular flexibility index (Phi) is 4.67. The van der Waals surface area contributed by atoms with Crippen LogP contribution in [0.2, 0.25) is 0 Å². The first-order valence-electron chi connectivity index (χ1n) is 6.97. The normalized spacial score (nSPS) is 18.6. The van der Waals surface area contributed by atoms with E-state index in [0.717, 1.165) is 19.6 Å². The Labute approximate surface area is 121 Å². The van der Waals surface area contributed by atoms with Crippen molar-refractivity contribution in [3.8, 4) is 0 Å². The third-order valence-corrected chi connectivity index (χ3v) is 5.39. The van der Waals surface area contributed by atoms with Crippen molar-refractivity contribution in [2.24, 2.45) is 5.92 Å². The Morgan fingerprint density at radius 2 is 1.65 bits per heavy atom. The molecule has 1 aliphatic heterocycles. The van der Waals surface area contributed by atoms with Gasteiger partial charge in [-0.3, -0.25) is 0 Å². The highest BCUT2D eigenvalue weighted by Crippen LogP contribution is 2.19. The third-order valence-electron chi connectivity index (χ3n) is 3.47. The molecule has 0 unspecified atom stereocenters. The minimum Gasteiger partial charge on any atom is -0.399 e. The highest BCUT2D eigenvalue weighted by atomic mass is 32.2. The zero-order chi connectivity index (χ0) is 14.8. The van der Waals surface area contributed by atoms with Crippen molar-refractivity contribution in [3.05, 3.63) is 24.3 Å². The molecule has 0 bridgehead atoms. The summed E-state index contributed by atoms with van der Waals surface area (Å²) >= 11 is 0. The van der Waals surface area contributed by atoms with Crippen LogP contribution in [-0.2, 0) is 10.0 Å². The fraction of sp³-hybridized carbons (Fsp3) is 0.571. The molecule has 0 saturated carbocycles. The molecule has 5 nitrogen and oxygen atoms in total. The van der Waals surface area contributed by atoms with E-state index in [4.69, 9.17) is 5.73 Å². The number of anilines is 1. The first-order valence-corrected chi connectivity index (χ1v) is 8.41. The maximum atomic E-state index is 12.5. The molecule has 20 heavy (non-hydrogen) atoms. The highest BCUT2D eigenvalue weighted by Gasteiger charge is 2.28. The summed E-state index contributed by atoms with van der Waals surface area (Å²) in [6, 6.07) is 6.40. The first kappa shape index (κ1) is 15.3. The van der Waals surface area contributed by atoms with Gasteiger partial charge in [-0.2, -0.15) is 4.31 Å². The van der Waals surface area contributed by atoms with Crippen LogP contribution in [0, 0.1) is 5.92 Å². The number of piperazine rings is 1. The van der Waals surface area contributed by atoms with Crippen LogP contribution in [0.5, 0.6) is 0 Å². The molecule has 0 aliphatic carbocycles. The van der Waals surface area contributed by atoms with E-state index in [0.29, 0.717) is 29.6 Å². The predicted molar refractivity (Wildman–Crippen MR) is 80.9 cm³/mol. The third kappa shape index (κ3) is 3.50. The molecule has 0 spiro atoms. The van der Waals surface area contributed by atoms with Crippen molar-refractivity contribution in [3.63, 3.8) is 0 Å². The van der Waals surface area contributed by atoms with Gasteiger partial charge >= 0.3 is 0 Å². The van der Waals surface area contributed by atoms with Crippen LogP contribution in [0.3, 0.4) is 0 Å². The second-order valence-corrected chi connectivity index (χ2v) is 7.61. The molecule has 1 aromatic rings. The van der Waals surface area contributed by atoms with Crippen LogP contribution >= 0.6 is 0 Å². The van der Waals surface area contributed by atoms with Gasteiger partial charge in [0.15, 0.2) is 0 Å². The minimum atomic E-state index is -3.38. The van der Waals surface area contributed by atoms with Gasteiger partial charge in [-0.15, -0.1) is 0 Å².